The van der Waals surface area contributed by atoms with Crippen LogP contribution < -0.4 is 20.3 Å². The third-order valence-electron chi connectivity index (χ3n) is 3.96. The van der Waals surface area contributed by atoms with Gasteiger partial charge >= 0.3 is 0 Å². The minimum absolute atomic E-state index is 0.374. The molecule has 1 amide bonds. The summed E-state index contributed by atoms with van der Waals surface area (Å²) >= 11 is 0. The van der Waals surface area contributed by atoms with Gasteiger partial charge in [-0.3, -0.25) is 9.59 Å². The summed E-state index contributed by atoms with van der Waals surface area (Å²) in [5, 5.41) is 11.0. The van der Waals surface area contributed by atoms with Crippen LogP contribution in [0.3, 0.4) is 0 Å². The molecule has 0 aliphatic carbocycles. The predicted octanol–water partition coefficient (Wildman–Crippen LogP) is 2.01. The van der Waals surface area contributed by atoms with Crippen LogP contribution in [0, 0.1) is 0 Å². The second-order valence-electron chi connectivity index (χ2n) is 5.62. The van der Waals surface area contributed by atoms with Crippen LogP contribution in [-0.2, 0) is 4.79 Å². The molecule has 2 aromatic carbocycles. The third kappa shape index (κ3) is 3.34. The molecule has 0 spiro atoms. The number of rotatable bonds is 5. The van der Waals surface area contributed by atoms with Gasteiger partial charge in [-0.15, -0.1) is 5.10 Å². The molecule has 0 unspecified atom stereocenters. The molecule has 0 radical (unpaired) electrons. The zero-order valence-corrected chi connectivity index (χ0v) is 14.6. The molecule has 0 aliphatic heterocycles. The Morgan fingerprint density at radius 2 is 1.77 bits per heavy atom. The van der Waals surface area contributed by atoms with E-state index >= 15 is 0 Å². The van der Waals surface area contributed by atoms with E-state index in [1.165, 1.54) is 14.2 Å². The van der Waals surface area contributed by atoms with Crippen molar-refractivity contribution in [2.24, 2.45) is 0 Å². The Bertz CT molecular complexity index is 993. The van der Waals surface area contributed by atoms with E-state index in [4.69, 9.17) is 9.47 Å². The summed E-state index contributed by atoms with van der Waals surface area (Å²) in [6.45, 7) is 1.58. The summed E-state index contributed by atoms with van der Waals surface area (Å²) in [4.78, 5) is 25.1. The van der Waals surface area contributed by atoms with Crippen LogP contribution in [0.1, 0.15) is 13.0 Å². The molecule has 0 fully saturated rings. The summed E-state index contributed by atoms with van der Waals surface area (Å²) in [5.41, 5.74) is 0.597. The van der Waals surface area contributed by atoms with E-state index in [0.717, 1.165) is 4.68 Å². The molecule has 0 saturated carbocycles. The zero-order valence-electron chi connectivity index (χ0n) is 14.6. The van der Waals surface area contributed by atoms with Crippen molar-refractivity contribution in [3.05, 3.63) is 52.8 Å². The Balaban J connectivity index is 1.89. The molecule has 3 rings (SSSR count). The van der Waals surface area contributed by atoms with Gasteiger partial charge in [-0.05, 0) is 19.1 Å². The Hall–Kier alpha value is -3.42. The van der Waals surface area contributed by atoms with Gasteiger partial charge in [0.1, 0.15) is 23.1 Å². The van der Waals surface area contributed by atoms with Gasteiger partial charge in [-0.1, -0.05) is 17.3 Å². The topological polar surface area (TPSA) is 95.3 Å². The summed E-state index contributed by atoms with van der Waals surface area (Å²) in [6.07, 6.45) is 0. The van der Waals surface area contributed by atoms with Crippen molar-refractivity contribution in [2.45, 2.75) is 13.0 Å². The summed E-state index contributed by atoms with van der Waals surface area (Å²) in [6, 6.07) is 11.0. The number of anilines is 1. The van der Waals surface area contributed by atoms with Crippen molar-refractivity contribution in [3.63, 3.8) is 0 Å². The van der Waals surface area contributed by atoms with E-state index in [1.807, 2.05) is 0 Å². The fourth-order valence-corrected chi connectivity index (χ4v) is 2.49. The third-order valence-corrected chi connectivity index (χ3v) is 3.96. The second kappa shape index (κ2) is 7.22. The highest BCUT2D eigenvalue weighted by Gasteiger charge is 2.19. The molecule has 8 heteroatoms. The Morgan fingerprint density at radius 1 is 1.12 bits per heavy atom. The van der Waals surface area contributed by atoms with Gasteiger partial charge in [-0.25, -0.2) is 0 Å². The molecule has 0 aliphatic rings. The molecule has 0 saturated heterocycles. The Labute approximate surface area is 149 Å². The first-order chi connectivity index (χ1) is 12.5. The first-order valence-corrected chi connectivity index (χ1v) is 7.91. The number of carbonyl (C=O) groups is 1. The normalized spacial score (nSPS) is 11.8. The number of hydrogen-bond donors (Lipinski definition) is 1. The standard InChI is InChI=1S/C18H18N4O4/c1-11(22-18(24)15-6-4-5-7-16(15)20-21-22)17(23)19-12-8-13(25-2)10-14(9-12)26-3/h4-11H,1-3H3,(H,19,23)/t11-/m0/s1. The average Bonchev–Trinajstić information content (AvgIpc) is 2.67. The van der Waals surface area contributed by atoms with Gasteiger partial charge in [0, 0.05) is 23.9 Å². The number of benzene rings is 2. The van der Waals surface area contributed by atoms with E-state index in [0.29, 0.717) is 28.1 Å². The van der Waals surface area contributed by atoms with Crippen molar-refractivity contribution in [1.82, 2.24) is 15.0 Å². The van der Waals surface area contributed by atoms with Gasteiger partial charge < -0.3 is 14.8 Å². The second-order valence-corrected chi connectivity index (χ2v) is 5.62. The number of hydrogen-bond acceptors (Lipinski definition) is 6. The van der Waals surface area contributed by atoms with E-state index in [-0.39, 0.29) is 5.56 Å². The molecular formula is C18H18N4O4. The predicted molar refractivity (Wildman–Crippen MR) is 96.7 cm³/mol. The van der Waals surface area contributed by atoms with Crippen molar-refractivity contribution in [2.75, 3.05) is 19.5 Å². The highest BCUT2D eigenvalue weighted by molar-refractivity contribution is 5.94. The van der Waals surface area contributed by atoms with Gasteiger partial charge in [-0.2, -0.15) is 4.68 Å². The van der Waals surface area contributed by atoms with Crippen LogP contribution in [0.25, 0.3) is 10.9 Å². The number of nitrogens with zero attached hydrogens (tertiary/aromatic N) is 3. The fraction of sp³-hybridized carbons (Fsp3) is 0.222. The molecule has 3 aromatic rings. The van der Waals surface area contributed by atoms with Gasteiger partial charge in [0.15, 0.2) is 0 Å². The highest BCUT2D eigenvalue weighted by Crippen LogP contribution is 2.26. The van der Waals surface area contributed by atoms with E-state index < -0.39 is 11.9 Å². The van der Waals surface area contributed by atoms with Crippen LogP contribution >= 0.6 is 0 Å². The van der Waals surface area contributed by atoms with Crippen LogP contribution in [-0.4, -0.2) is 35.1 Å². The molecule has 1 atom stereocenters. The maximum absolute atomic E-state index is 12.6. The van der Waals surface area contributed by atoms with Crippen LogP contribution in [0.15, 0.2) is 47.3 Å². The monoisotopic (exact) mass is 354 g/mol. The number of methoxy groups -OCH3 is 2. The highest BCUT2D eigenvalue weighted by atomic mass is 16.5. The number of fused-ring (bicyclic) bond motifs is 1. The Kier molecular flexibility index (Phi) is 4.83. The molecule has 1 heterocycles. The van der Waals surface area contributed by atoms with E-state index in [1.54, 1.807) is 49.4 Å². The summed E-state index contributed by atoms with van der Waals surface area (Å²) < 4.78 is 11.4. The maximum Gasteiger partial charge on any atom is 0.278 e. The molecule has 26 heavy (non-hydrogen) atoms. The lowest BCUT2D eigenvalue weighted by molar-refractivity contribution is -0.119. The lowest BCUT2D eigenvalue weighted by Gasteiger charge is -2.15. The SMILES string of the molecule is COc1cc(NC(=O)[C@H](C)n2nnc3ccccc3c2=O)cc(OC)c1. The number of aromatic nitrogens is 3. The lowest BCUT2D eigenvalue weighted by atomic mass is 10.2. The Morgan fingerprint density at radius 3 is 2.42 bits per heavy atom. The van der Waals surface area contributed by atoms with Gasteiger partial charge in [0.05, 0.1) is 19.6 Å². The van der Waals surface area contributed by atoms with Crippen molar-refractivity contribution >= 4 is 22.5 Å². The summed E-state index contributed by atoms with van der Waals surface area (Å²) in [5.74, 6) is 0.664. The molecule has 1 aromatic heterocycles. The number of nitrogens with one attached hydrogen (secondary N) is 1. The molecule has 0 bridgehead atoms. The first-order valence-electron chi connectivity index (χ1n) is 7.91. The number of amides is 1. The number of ether oxygens (including phenoxy) is 2. The van der Waals surface area contributed by atoms with Crippen LogP contribution in [0.4, 0.5) is 5.69 Å². The summed E-state index contributed by atoms with van der Waals surface area (Å²) in [7, 11) is 3.04. The smallest absolute Gasteiger partial charge is 0.278 e. The molecule has 8 nitrogen and oxygen atoms in total. The van der Waals surface area contributed by atoms with Crippen LogP contribution in [0.2, 0.25) is 0 Å². The van der Waals surface area contributed by atoms with Gasteiger partial charge in [0.2, 0.25) is 5.91 Å². The minimum atomic E-state index is -0.850. The van der Waals surface area contributed by atoms with Crippen molar-refractivity contribution in [3.8, 4) is 11.5 Å². The average molecular weight is 354 g/mol. The largest absolute Gasteiger partial charge is 0.497 e. The van der Waals surface area contributed by atoms with Crippen molar-refractivity contribution < 1.29 is 14.3 Å². The minimum Gasteiger partial charge on any atom is -0.497 e. The van der Waals surface area contributed by atoms with E-state index in [2.05, 4.69) is 15.6 Å². The lowest BCUT2D eigenvalue weighted by Crippen LogP contribution is -2.34. The van der Waals surface area contributed by atoms with Crippen LogP contribution in [0.5, 0.6) is 11.5 Å². The zero-order chi connectivity index (χ0) is 18.7. The quantitative estimate of drug-likeness (QED) is 0.753. The first kappa shape index (κ1) is 17.4. The molecule has 134 valence electrons. The fourth-order valence-electron chi connectivity index (χ4n) is 2.49. The van der Waals surface area contributed by atoms with E-state index in [9.17, 15) is 9.59 Å². The maximum atomic E-state index is 12.6. The molecule has 1 N–H and O–H groups in total. The molecular weight excluding hydrogens is 336 g/mol. The van der Waals surface area contributed by atoms with Gasteiger partial charge in [0.25, 0.3) is 5.56 Å². The number of carbonyl (C=O) groups excluding carboxylic acids is 1. The van der Waals surface area contributed by atoms with Crippen molar-refractivity contribution in [1.29, 1.82) is 0 Å².